The maximum Gasteiger partial charge on any atom is 0.147 e. The molecule has 0 fully saturated rings. The van der Waals surface area contributed by atoms with Gasteiger partial charge in [0, 0.05) is 6.54 Å². The van der Waals surface area contributed by atoms with Gasteiger partial charge in [0.2, 0.25) is 0 Å². The quantitative estimate of drug-likeness (QED) is 0.498. The number of rotatable bonds is 10. The average molecular weight is 407 g/mol. The second-order valence-electron chi connectivity index (χ2n) is 5.06. The molecule has 0 amide bonds. The Labute approximate surface area is 139 Å². The summed E-state index contributed by atoms with van der Waals surface area (Å²) >= 11 is 7.08. The van der Waals surface area contributed by atoms with Crippen LogP contribution in [0, 0.1) is 0 Å². The minimum absolute atomic E-state index is 0.537. The normalized spacial score (nSPS) is 10.8. The Kier molecular flexibility index (Phi) is 9.57. The summed E-state index contributed by atoms with van der Waals surface area (Å²) in [5.41, 5.74) is 6.73. The van der Waals surface area contributed by atoms with E-state index < -0.39 is 0 Å². The molecule has 0 unspecified atom stereocenters. The molecular weight excluding hydrogens is 382 g/mol. The molecule has 4 heteroatoms. The van der Waals surface area contributed by atoms with Gasteiger partial charge in [0.1, 0.15) is 5.75 Å². The van der Waals surface area contributed by atoms with Crippen molar-refractivity contribution >= 4 is 31.9 Å². The summed E-state index contributed by atoms with van der Waals surface area (Å²) < 4.78 is 7.80. The van der Waals surface area contributed by atoms with Crippen molar-refractivity contribution in [2.45, 2.75) is 58.4 Å². The molecule has 2 N–H and O–H groups in total. The van der Waals surface area contributed by atoms with E-state index in [2.05, 4.69) is 38.8 Å². The van der Waals surface area contributed by atoms with Gasteiger partial charge in [0.05, 0.1) is 15.6 Å². The highest BCUT2D eigenvalue weighted by Crippen LogP contribution is 2.34. The number of unbranched alkanes of at least 4 members (excludes halogenated alkanes) is 6. The minimum Gasteiger partial charge on any atom is -0.491 e. The van der Waals surface area contributed by atoms with Crippen molar-refractivity contribution in [1.82, 2.24) is 0 Å². The highest BCUT2D eigenvalue weighted by molar-refractivity contribution is 9.11. The van der Waals surface area contributed by atoms with Crippen molar-refractivity contribution in [3.8, 4) is 5.75 Å². The maximum absolute atomic E-state index is 5.86. The minimum atomic E-state index is 0.537. The Morgan fingerprint density at radius 1 is 0.950 bits per heavy atom. The van der Waals surface area contributed by atoms with Gasteiger partial charge in [-0.2, -0.15) is 0 Å². The van der Waals surface area contributed by atoms with E-state index in [1.54, 1.807) is 0 Å². The van der Waals surface area contributed by atoms with Crippen molar-refractivity contribution in [2.75, 3.05) is 6.61 Å². The van der Waals surface area contributed by atoms with Gasteiger partial charge in [0.25, 0.3) is 0 Å². The van der Waals surface area contributed by atoms with Crippen LogP contribution in [0.4, 0.5) is 0 Å². The summed E-state index contributed by atoms with van der Waals surface area (Å²) in [6.45, 7) is 3.56. The summed E-state index contributed by atoms with van der Waals surface area (Å²) in [6, 6.07) is 4.04. The van der Waals surface area contributed by atoms with Crippen molar-refractivity contribution in [1.29, 1.82) is 0 Å². The van der Waals surface area contributed by atoms with Crippen molar-refractivity contribution in [2.24, 2.45) is 5.73 Å². The van der Waals surface area contributed by atoms with Crippen LogP contribution in [0.5, 0.6) is 5.75 Å². The monoisotopic (exact) mass is 405 g/mol. The fourth-order valence-electron chi connectivity index (χ4n) is 2.10. The van der Waals surface area contributed by atoms with Gasteiger partial charge in [-0.1, -0.05) is 45.4 Å². The van der Waals surface area contributed by atoms with E-state index in [1.807, 2.05) is 12.1 Å². The van der Waals surface area contributed by atoms with Gasteiger partial charge in [-0.3, -0.25) is 0 Å². The predicted molar refractivity (Wildman–Crippen MR) is 93.2 cm³/mol. The molecule has 114 valence electrons. The van der Waals surface area contributed by atoms with E-state index in [1.165, 1.54) is 38.5 Å². The van der Waals surface area contributed by atoms with Crippen LogP contribution in [0.15, 0.2) is 21.1 Å². The number of nitrogens with two attached hydrogens (primary N) is 1. The molecule has 2 nitrogen and oxygen atoms in total. The van der Waals surface area contributed by atoms with Crippen LogP contribution < -0.4 is 10.5 Å². The lowest BCUT2D eigenvalue weighted by Crippen LogP contribution is -2.01. The predicted octanol–water partition coefficient (Wildman–Crippen LogP) is 5.80. The molecule has 0 aromatic heterocycles. The smallest absolute Gasteiger partial charge is 0.147 e. The average Bonchev–Trinajstić information content (AvgIpc) is 2.43. The van der Waals surface area contributed by atoms with Gasteiger partial charge in [0.15, 0.2) is 0 Å². The van der Waals surface area contributed by atoms with Crippen LogP contribution in [0.3, 0.4) is 0 Å². The van der Waals surface area contributed by atoms with Crippen LogP contribution >= 0.6 is 31.9 Å². The first-order chi connectivity index (χ1) is 9.69. The zero-order valence-corrected chi connectivity index (χ0v) is 15.4. The highest BCUT2D eigenvalue weighted by Gasteiger charge is 2.08. The lowest BCUT2D eigenvalue weighted by molar-refractivity contribution is 0.300. The summed E-state index contributed by atoms with van der Waals surface area (Å²) in [4.78, 5) is 0. The highest BCUT2D eigenvalue weighted by atomic mass is 79.9. The molecule has 1 aromatic rings. The summed E-state index contributed by atoms with van der Waals surface area (Å²) in [5.74, 6) is 0.883. The Morgan fingerprint density at radius 2 is 1.50 bits per heavy atom. The van der Waals surface area contributed by atoms with Gasteiger partial charge in [-0.05, 0) is 56.0 Å². The summed E-state index contributed by atoms with van der Waals surface area (Å²) in [6.07, 6.45) is 9.08. The van der Waals surface area contributed by atoms with E-state index in [9.17, 15) is 0 Å². The Hall–Kier alpha value is -0.0600. The molecule has 0 saturated heterocycles. The largest absolute Gasteiger partial charge is 0.491 e. The molecular formula is C16H25Br2NO. The lowest BCUT2D eigenvalue weighted by Gasteiger charge is -2.11. The number of ether oxygens (including phenoxy) is 1. The molecule has 0 saturated carbocycles. The topological polar surface area (TPSA) is 35.2 Å². The summed E-state index contributed by atoms with van der Waals surface area (Å²) in [5, 5.41) is 0. The van der Waals surface area contributed by atoms with Crippen LogP contribution in [-0.4, -0.2) is 6.61 Å². The molecule has 1 rings (SSSR count). The van der Waals surface area contributed by atoms with Crippen molar-refractivity contribution < 1.29 is 4.74 Å². The van der Waals surface area contributed by atoms with Crippen LogP contribution in [0.25, 0.3) is 0 Å². The second kappa shape index (κ2) is 10.6. The third kappa shape index (κ3) is 6.59. The van der Waals surface area contributed by atoms with E-state index >= 15 is 0 Å². The molecule has 1 aromatic carbocycles. The number of hydrogen-bond acceptors (Lipinski definition) is 2. The molecule has 0 atom stereocenters. The van der Waals surface area contributed by atoms with Gasteiger partial charge in [-0.15, -0.1) is 0 Å². The molecule has 0 heterocycles. The Balaban J connectivity index is 2.25. The molecule has 0 aliphatic heterocycles. The lowest BCUT2D eigenvalue weighted by atomic mass is 10.1. The second-order valence-corrected chi connectivity index (χ2v) is 6.77. The number of halogens is 2. The SMILES string of the molecule is CCCCCCCCCOc1c(Br)cc(CN)cc1Br. The van der Waals surface area contributed by atoms with E-state index in [0.29, 0.717) is 6.54 Å². The first-order valence-corrected chi connectivity index (χ1v) is 9.08. The molecule has 0 aliphatic rings. The molecule has 0 radical (unpaired) electrons. The Morgan fingerprint density at radius 3 is 2.05 bits per heavy atom. The van der Waals surface area contributed by atoms with Gasteiger partial charge < -0.3 is 10.5 Å². The summed E-state index contributed by atoms with van der Waals surface area (Å²) in [7, 11) is 0. The molecule has 0 spiro atoms. The Bertz CT molecular complexity index is 373. The fraction of sp³-hybridized carbons (Fsp3) is 0.625. The van der Waals surface area contributed by atoms with Crippen LogP contribution in [0.2, 0.25) is 0 Å². The van der Waals surface area contributed by atoms with E-state index in [0.717, 1.165) is 33.3 Å². The maximum atomic E-state index is 5.86. The fourth-order valence-corrected chi connectivity index (χ4v) is 3.61. The van der Waals surface area contributed by atoms with Crippen molar-refractivity contribution in [3.05, 3.63) is 26.6 Å². The number of hydrogen-bond donors (Lipinski definition) is 1. The zero-order valence-electron chi connectivity index (χ0n) is 12.3. The molecule has 20 heavy (non-hydrogen) atoms. The van der Waals surface area contributed by atoms with Crippen LogP contribution in [0.1, 0.15) is 57.4 Å². The van der Waals surface area contributed by atoms with E-state index in [-0.39, 0.29) is 0 Å². The number of benzene rings is 1. The van der Waals surface area contributed by atoms with Gasteiger partial charge in [-0.25, -0.2) is 0 Å². The third-order valence-electron chi connectivity index (χ3n) is 3.29. The molecule has 0 bridgehead atoms. The van der Waals surface area contributed by atoms with E-state index in [4.69, 9.17) is 10.5 Å². The first kappa shape index (κ1) is 18.0. The third-order valence-corrected chi connectivity index (χ3v) is 4.47. The standard InChI is InChI=1S/C16H25Br2NO/c1-2-3-4-5-6-7-8-9-20-16-14(17)10-13(12-19)11-15(16)18/h10-11H,2-9,12,19H2,1H3. The van der Waals surface area contributed by atoms with Crippen molar-refractivity contribution in [3.63, 3.8) is 0 Å². The van der Waals surface area contributed by atoms with Crippen LogP contribution in [-0.2, 0) is 6.54 Å². The zero-order chi connectivity index (χ0) is 14.8. The van der Waals surface area contributed by atoms with Gasteiger partial charge >= 0.3 is 0 Å². The first-order valence-electron chi connectivity index (χ1n) is 7.49. The molecule has 0 aliphatic carbocycles.